The number of benzene rings is 2. The molecule has 2 aromatic carbocycles. The maximum Gasteiger partial charge on any atom is 0.232 e. The van der Waals surface area contributed by atoms with Crippen LogP contribution in [0.5, 0.6) is 5.75 Å². The lowest BCUT2D eigenvalue weighted by molar-refractivity contribution is -0.117. The van der Waals surface area contributed by atoms with Crippen molar-refractivity contribution in [3.63, 3.8) is 0 Å². The first-order valence-electron chi connectivity index (χ1n) is 10.5. The number of hydrogen-bond donors (Lipinski definition) is 1. The van der Waals surface area contributed by atoms with Gasteiger partial charge in [-0.15, -0.1) is 0 Å². The van der Waals surface area contributed by atoms with Gasteiger partial charge >= 0.3 is 0 Å². The summed E-state index contributed by atoms with van der Waals surface area (Å²) < 4.78 is 31.0. The zero-order valence-electron chi connectivity index (χ0n) is 18.6. The minimum atomic E-state index is -3.51. The van der Waals surface area contributed by atoms with Crippen LogP contribution >= 0.6 is 0 Å². The summed E-state index contributed by atoms with van der Waals surface area (Å²) in [7, 11) is -1.99. The SMILES string of the molecule is COc1cccc(N(CCCC(=O)Nc2ccc(N3CCCC3=O)c(C)c2)S(C)(=O)=O)c1. The van der Waals surface area contributed by atoms with E-state index >= 15 is 0 Å². The molecule has 1 aliphatic heterocycles. The summed E-state index contributed by atoms with van der Waals surface area (Å²) >= 11 is 0. The zero-order chi connectivity index (χ0) is 23.3. The predicted molar refractivity (Wildman–Crippen MR) is 126 cm³/mol. The van der Waals surface area contributed by atoms with Crippen LogP contribution < -0.4 is 19.3 Å². The summed E-state index contributed by atoms with van der Waals surface area (Å²) in [5.41, 5.74) is 2.93. The van der Waals surface area contributed by atoms with Crippen molar-refractivity contribution in [1.29, 1.82) is 0 Å². The van der Waals surface area contributed by atoms with E-state index in [4.69, 9.17) is 4.74 Å². The third kappa shape index (κ3) is 5.79. The van der Waals surface area contributed by atoms with E-state index in [1.54, 1.807) is 35.2 Å². The van der Waals surface area contributed by atoms with Crippen molar-refractivity contribution >= 4 is 38.9 Å². The van der Waals surface area contributed by atoms with Crippen LogP contribution in [-0.4, -0.2) is 46.7 Å². The summed E-state index contributed by atoms with van der Waals surface area (Å²) in [5, 5.41) is 2.85. The fourth-order valence-electron chi connectivity index (χ4n) is 3.80. The van der Waals surface area contributed by atoms with Gasteiger partial charge in [0.1, 0.15) is 5.75 Å². The summed E-state index contributed by atoms with van der Waals surface area (Å²) in [6.07, 6.45) is 3.09. The van der Waals surface area contributed by atoms with Gasteiger partial charge in [0, 0.05) is 43.4 Å². The molecule has 1 N–H and O–H groups in total. The maximum absolute atomic E-state index is 12.4. The smallest absolute Gasteiger partial charge is 0.232 e. The minimum Gasteiger partial charge on any atom is -0.497 e. The molecule has 1 saturated heterocycles. The van der Waals surface area contributed by atoms with Crippen molar-refractivity contribution in [2.45, 2.75) is 32.6 Å². The van der Waals surface area contributed by atoms with Gasteiger partial charge in [0.15, 0.2) is 0 Å². The van der Waals surface area contributed by atoms with Gasteiger partial charge in [-0.3, -0.25) is 13.9 Å². The van der Waals surface area contributed by atoms with Crippen LogP contribution in [0.3, 0.4) is 0 Å². The number of ether oxygens (including phenoxy) is 1. The first-order chi connectivity index (χ1) is 15.2. The molecule has 8 nitrogen and oxygen atoms in total. The molecular weight excluding hydrogens is 430 g/mol. The second-order valence-electron chi connectivity index (χ2n) is 7.84. The molecule has 3 rings (SSSR count). The molecule has 1 fully saturated rings. The van der Waals surface area contributed by atoms with Gasteiger partial charge in [0.2, 0.25) is 21.8 Å². The van der Waals surface area contributed by atoms with Gasteiger partial charge in [0.25, 0.3) is 0 Å². The number of carbonyl (C=O) groups is 2. The first-order valence-corrected chi connectivity index (χ1v) is 12.4. The highest BCUT2D eigenvalue weighted by molar-refractivity contribution is 7.92. The Labute approximate surface area is 189 Å². The molecule has 9 heteroatoms. The molecule has 1 aliphatic rings. The van der Waals surface area contributed by atoms with Crippen LogP contribution in [0.4, 0.5) is 17.1 Å². The molecule has 0 aliphatic carbocycles. The summed E-state index contributed by atoms with van der Waals surface area (Å²) in [4.78, 5) is 26.2. The van der Waals surface area contributed by atoms with Crippen LogP contribution in [0.15, 0.2) is 42.5 Å². The van der Waals surface area contributed by atoms with Gasteiger partial charge in [-0.25, -0.2) is 8.42 Å². The minimum absolute atomic E-state index is 0.122. The molecule has 0 bridgehead atoms. The number of amides is 2. The van der Waals surface area contributed by atoms with Gasteiger partial charge in [-0.1, -0.05) is 6.07 Å². The summed E-state index contributed by atoms with van der Waals surface area (Å²) in [6.45, 7) is 2.80. The number of methoxy groups -OCH3 is 1. The number of carbonyl (C=O) groups excluding carboxylic acids is 2. The van der Waals surface area contributed by atoms with Crippen molar-refractivity contribution in [1.82, 2.24) is 0 Å². The number of rotatable bonds is 9. The Morgan fingerprint density at radius 1 is 1.22 bits per heavy atom. The molecule has 0 saturated carbocycles. The molecule has 1 heterocycles. The highest BCUT2D eigenvalue weighted by Gasteiger charge is 2.23. The van der Waals surface area contributed by atoms with Crippen LogP contribution in [0, 0.1) is 6.92 Å². The number of hydrogen-bond acceptors (Lipinski definition) is 5. The fraction of sp³-hybridized carbons (Fsp3) is 0.391. The van der Waals surface area contributed by atoms with Crippen molar-refractivity contribution < 1.29 is 22.7 Å². The first kappa shape index (κ1) is 23.6. The second kappa shape index (κ2) is 10.0. The van der Waals surface area contributed by atoms with E-state index in [9.17, 15) is 18.0 Å². The van der Waals surface area contributed by atoms with Gasteiger partial charge < -0.3 is 15.0 Å². The van der Waals surface area contributed by atoms with E-state index in [2.05, 4.69) is 5.32 Å². The second-order valence-corrected chi connectivity index (χ2v) is 9.75. The summed E-state index contributed by atoms with van der Waals surface area (Å²) in [6, 6.07) is 12.3. The van der Waals surface area contributed by atoms with Crippen LogP contribution in [0.25, 0.3) is 0 Å². The monoisotopic (exact) mass is 459 g/mol. The summed E-state index contributed by atoms with van der Waals surface area (Å²) in [5.74, 6) is 0.480. The van der Waals surface area contributed by atoms with E-state index in [-0.39, 0.29) is 24.8 Å². The third-order valence-corrected chi connectivity index (χ3v) is 6.55. The van der Waals surface area contributed by atoms with E-state index < -0.39 is 10.0 Å². The lowest BCUT2D eigenvalue weighted by Gasteiger charge is -2.22. The Bertz CT molecular complexity index is 1100. The van der Waals surface area contributed by atoms with E-state index in [0.29, 0.717) is 30.0 Å². The van der Waals surface area contributed by atoms with Crippen molar-refractivity contribution in [3.8, 4) is 5.75 Å². The van der Waals surface area contributed by atoms with Crippen molar-refractivity contribution in [2.24, 2.45) is 0 Å². The molecule has 0 spiro atoms. The highest BCUT2D eigenvalue weighted by Crippen LogP contribution is 2.28. The topological polar surface area (TPSA) is 96.0 Å². The average Bonchev–Trinajstić information content (AvgIpc) is 3.16. The normalized spacial score (nSPS) is 13.8. The lowest BCUT2D eigenvalue weighted by Crippen LogP contribution is -2.31. The maximum atomic E-state index is 12.4. The van der Waals surface area contributed by atoms with Crippen molar-refractivity contribution in [3.05, 3.63) is 48.0 Å². The Hall–Kier alpha value is -3.07. The quantitative estimate of drug-likeness (QED) is 0.621. The molecule has 0 aromatic heterocycles. The molecule has 32 heavy (non-hydrogen) atoms. The predicted octanol–water partition coefficient (Wildman–Crippen LogP) is 3.32. The lowest BCUT2D eigenvalue weighted by atomic mass is 10.1. The van der Waals surface area contributed by atoms with Crippen molar-refractivity contribution in [2.75, 3.05) is 41.0 Å². The third-order valence-electron chi connectivity index (χ3n) is 5.35. The number of nitrogens with zero attached hydrogens (tertiary/aromatic N) is 2. The van der Waals surface area contributed by atoms with E-state index in [1.807, 2.05) is 19.1 Å². The molecule has 0 radical (unpaired) electrons. The van der Waals surface area contributed by atoms with Crippen LogP contribution in [-0.2, 0) is 19.6 Å². The number of aryl methyl sites for hydroxylation is 1. The fourth-order valence-corrected chi connectivity index (χ4v) is 4.75. The van der Waals surface area contributed by atoms with Gasteiger partial charge in [0.05, 0.1) is 19.1 Å². The van der Waals surface area contributed by atoms with Gasteiger partial charge in [-0.2, -0.15) is 0 Å². The molecule has 172 valence electrons. The van der Waals surface area contributed by atoms with Crippen LogP contribution in [0.1, 0.15) is 31.2 Å². The molecule has 0 unspecified atom stereocenters. The molecule has 0 atom stereocenters. The standard InChI is InChI=1S/C23H29N3O5S/c1-17-15-18(11-12-21(17)25-13-6-10-23(25)28)24-22(27)9-5-14-26(32(3,29)30)19-7-4-8-20(16-19)31-2/h4,7-8,11-12,15-16H,5-6,9-10,13-14H2,1-3H3,(H,24,27). The zero-order valence-corrected chi connectivity index (χ0v) is 19.4. The number of anilines is 3. The molecule has 2 amide bonds. The number of sulfonamides is 1. The Balaban J connectivity index is 1.59. The van der Waals surface area contributed by atoms with Gasteiger partial charge in [-0.05, 0) is 55.7 Å². The highest BCUT2D eigenvalue weighted by atomic mass is 32.2. The molecular formula is C23H29N3O5S. The van der Waals surface area contributed by atoms with E-state index in [1.165, 1.54) is 11.4 Å². The molecule has 2 aromatic rings. The number of nitrogens with one attached hydrogen (secondary N) is 1. The Morgan fingerprint density at radius 3 is 2.62 bits per heavy atom. The average molecular weight is 460 g/mol. The van der Waals surface area contributed by atoms with E-state index in [0.717, 1.165) is 30.5 Å². The Kier molecular flexibility index (Phi) is 7.40. The van der Waals surface area contributed by atoms with Crippen LogP contribution in [0.2, 0.25) is 0 Å². The Morgan fingerprint density at radius 2 is 2.00 bits per heavy atom. The largest absolute Gasteiger partial charge is 0.497 e.